The lowest BCUT2D eigenvalue weighted by molar-refractivity contribution is 0.581. The summed E-state index contributed by atoms with van der Waals surface area (Å²) in [4.78, 5) is 4.15. The first-order valence-electron chi connectivity index (χ1n) is 5.24. The predicted octanol–water partition coefficient (Wildman–Crippen LogP) is 3.24. The molecule has 0 radical (unpaired) electrons. The number of nitrogens with one attached hydrogen (secondary N) is 1. The fraction of sp³-hybridized carbons (Fsp3) is 0.182. The zero-order valence-electron chi connectivity index (χ0n) is 9.85. The van der Waals surface area contributed by atoms with Gasteiger partial charge in [0.1, 0.15) is 9.90 Å². The molecular formula is C11H10Cl2N2O2S2. The lowest BCUT2D eigenvalue weighted by Gasteiger charge is -2.07. The van der Waals surface area contributed by atoms with Gasteiger partial charge in [0.15, 0.2) is 0 Å². The normalized spacial score (nSPS) is 11.7. The summed E-state index contributed by atoms with van der Waals surface area (Å²) >= 11 is 13.1. The van der Waals surface area contributed by atoms with E-state index in [-0.39, 0.29) is 16.5 Å². The molecule has 0 spiro atoms. The van der Waals surface area contributed by atoms with Gasteiger partial charge in [-0.25, -0.2) is 18.1 Å². The van der Waals surface area contributed by atoms with Crippen molar-refractivity contribution in [3.63, 3.8) is 0 Å². The fourth-order valence-electron chi connectivity index (χ4n) is 1.40. The SMILES string of the molecule is Cc1csc(CNS(=O)(=O)c2cc(Cl)ccc2Cl)n1. The van der Waals surface area contributed by atoms with Crippen molar-refractivity contribution in [1.29, 1.82) is 0 Å². The van der Waals surface area contributed by atoms with Crippen molar-refractivity contribution in [3.8, 4) is 0 Å². The zero-order valence-corrected chi connectivity index (χ0v) is 13.0. The Kier molecular flexibility index (Phi) is 4.47. The van der Waals surface area contributed by atoms with Crippen LogP contribution in [0, 0.1) is 6.92 Å². The molecule has 0 atom stereocenters. The highest BCUT2D eigenvalue weighted by atomic mass is 35.5. The van der Waals surface area contributed by atoms with E-state index in [1.165, 1.54) is 29.5 Å². The van der Waals surface area contributed by atoms with Gasteiger partial charge in [-0.15, -0.1) is 11.3 Å². The average Bonchev–Trinajstić information content (AvgIpc) is 2.76. The molecule has 2 rings (SSSR count). The Bertz CT molecular complexity index is 698. The van der Waals surface area contributed by atoms with E-state index in [9.17, 15) is 8.42 Å². The second kappa shape index (κ2) is 5.76. The number of sulfonamides is 1. The Balaban J connectivity index is 2.20. The smallest absolute Gasteiger partial charge is 0.242 e. The molecule has 0 aliphatic carbocycles. The van der Waals surface area contributed by atoms with Crippen LogP contribution in [0.3, 0.4) is 0 Å². The lowest BCUT2D eigenvalue weighted by Crippen LogP contribution is -2.23. The molecule has 0 saturated heterocycles. The molecule has 8 heteroatoms. The summed E-state index contributed by atoms with van der Waals surface area (Å²) in [6.07, 6.45) is 0. The molecule has 1 aromatic carbocycles. The lowest BCUT2D eigenvalue weighted by atomic mass is 10.4. The number of rotatable bonds is 4. The second-order valence-corrected chi connectivity index (χ2v) is 7.30. The molecule has 0 bridgehead atoms. The molecule has 1 N–H and O–H groups in total. The maximum atomic E-state index is 12.1. The Morgan fingerprint density at radius 2 is 2.11 bits per heavy atom. The van der Waals surface area contributed by atoms with Crippen LogP contribution >= 0.6 is 34.5 Å². The van der Waals surface area contributed by atoms with Crippen LogP contribution in [0.15, 0.2) is 28.5 Å². The summed E-state index contributed by atoms with van der Waals surface area (Å²) in [6.45, 7) is 1.98. The molecule has 4 nitrogen and oxygen atoms in total. The molecule has 0 fully saturated rings. The maximum absolute atomic E-state index is 12.1. The highest BCUT2D eigenvalue weighted by Crippen LogP contribution is 2.25. The minimum Gasteiger partial charge on any atom is -0.245 e. The van der Waals surface area contributed by atoms with E-state index >= 15 is 0 Å². The molecule has 1 heterocycles. The first-order chi connectivity index (χ1) is 8.88. The van der Waals surface area contributed by atoms with Gasteiger partial charge in [0.25, 0.3) is 0 Å². The van der Waals surface area contributed by atoms with Crippen LogP contribution < -0.4 is 4.72 Å². The largest absolute Gasteiger partial charge is 0.245 e. The van der Waals surface area contributed by atoms with Crippen molar-refractivity contribution >= 4 is 44.6 Å². The number of thiazole rings is 1. The summed E-state index contributed by atoms with van der Waals surface area (Å²) in [6, 6.07) is 4.30. The van der Waals surface area contributed by atoms with E-state index in [1.54, 1.807) is 0 Å². The topological polar surface area (TPSA) is 59.1 Å². The van der Waals surface area contributed by atoms with E-state index in [0.29, 0.717) is 10.0 Å². The van der Waals surface area contributed by atoms with Gasteiger partial charge in [-0.05, 0) is 25.1 Å². The zero-order chi connectivity index (χ0) is 14.0. The molecule has 0 saturated carbocycles. The van der Waals surface area contributed by atoms with Crippen LogP contribution in [0.25, 0.3) is 0 Å². The third-order valence-corrected chi connectivity index (χ3v) is 5.35. The van der Waals surface area contributed by atoms with E-state index < -0.39 is 10.0 Å². The van der Waals surface area contributed by atoms with E-state index in [2.05, 4.69) is 9.71 Å². The number of benzene rings is 1. The van der Waals surface area contributed by atoms with Gasteiger partial charge in [-0.2, -0.15) is 0 Å². The van der Waals surface area contributed by atoms with Gasteiger partial charge in [0.05, 0.1) is 11.6 Å². The van der Waals surface area contributed by atoms with Gasteiger partial charge in [-0.1, -0.05) is 23.2 Å². The Morgan fingerprint density at radius 1 is 1.37 bits per heavy atom. The average molecular weight is 337 g/mol. The highest BCUT2D eigenvalue weighted by Gasteiger charge is 2.18. The molecule has 102 valence electrons. The van der Waals surface area contributed by atoms with E-state index in [0.717, 1.165) is 5.69 Å². The van der Waals surface area contributed by atoms with Crippen molar-refractivity contribution in [3.05, 3.63) is 44.3 Å². The molecule has 2 aromatic rings. The summed E-state index contributed by atoms with van der Waals surface area (Å²) in [7, 11) is -3.70. The van der Waals surface area contributed by atoms with Crippen molar-refractivity contribution in [2.75, 3.05) is 0 Å². The number of nitrogens with zero attached hydrogens (tertiary/aromatic N) is 1. The molecule has 0 aliphatic heterocycles. The highest BCUT2D eigenvalue weighted by molar-refractivity contribution is 7.89. The number of hydrogen-bond donors (Lipinski definition) is 1. The minimum atomic E-state index is -3.70. The third-order valence-electron chi connectivity index (χ3n) is 2.26. The summed E-state index contributed by atoms with van der Waals surface area (Å²) in [5.41, 5.74) is 0.861. The quantitative estimate of drug-likeness (QED) is 0.932. The van der Waals surface area contributed by atoms with Gasteiger partial charge in [0.2, 0.25) is 10.0 Å². The second-order valence-electron chi connectivity index (χ2n) is 3.78. The molecule has 0 unspecified atom stereocenters. The van der Waals surface area contributed by atoms with Gasteiger partial charge >= 0.3 is 0 Å². The van der Waals surface area contributed by atoms with E-state index in [4.69, 9.17) is 23.2 Å². The van der Waals surface area contributed by atoms with Crippen molar-refractivity contribution in [1.82, 2.24) is 9.71 Å². The van der Waals surface area contributed by atoms with Crippen LogP contribution in [0.4, 0.5) is 0 Å². The van der Waals surface area contributed by atoms with Crippen LogP contribution in [0.1, 0.15) is 10.7 Å². The Hall–Kier alpha value is -0.660. The predicted molar refractivity (Wildman–Crippen MR) is 77.3 cm³/mol. The Labute approximate surface area is 125 Å². The Morgan fingerprint density at radius 3 is 2.74 bits per heavy atom. The summed E-state index contributed by atoms with van der Waals surface area (Å²) in [5.74, 6) is 0. The van der Waals surface area contributed by atoms with Crippen LogP contribution in [-0.4, -0.2) is 13.4 Å². The number of aryl methyl sites for hydroxylation is 1. The molecular weight excluding hydrogens is 327 g/mol. The molecule has 1 aromatic heterocycles. The van der Waals surface area contributed by atoms with Crippen molar-refractivity contribution in [2.24, 2.45) is 0 Å². The van der Waals surface area contributed by atoms with Crippen LogP contribution in [0.5, 0.6) is 0 Å². The molecule has 0 amide bonds. The minimum absolute atomic E-state index is 0.0325. The van der Waals surface area contributed by atoms with Crippen molar-refractivity contribution < 1.29 is 8.42 Å². The van der Waals surface area contributed by atoms with Gasteiger partial charge in [0, 0.05) is 16.1 Å². The van der Waals surface area contributed by atoms with Gasteiger partial charge < -0.3 is 0 Å². The number of aromatic nitrogens is 1. The monoisotopic (exact) mass is 336 g/mol. The summed E-state index contributed by atoms with van der Waals surface area (Å²) in [5, 5.41) is 3.00. The first-order valence-corrected chi connectivity index (χ1v) is 8.36. The van der Waals surface area contributed by atoms with Crippen LogP contribution in [0.2, 0.25) is 10.0 Å². The first kappa shape index (κ1) is 14.7. The third kappa shape index (κ3) is 3.67. The molecule has 19 heavy (non-hydrogen) atoms. The standard InChI is InChI=1S/C11H10Cl2N2O2S2/c1-7-6-18-11(15-7)5-14-19(16,17)10-4-8(12)2-3-9(10)13/h2-4,6,14H,5H2,1H3. The van der Waals surface area contributed by atoms with Gasteiger partial charge in [-0.3, -0.25) is 0 Å². The summed E-state index contributed by atoms with van der Waals surface area (Å²) < 4.78 is 26.7. The van der Waals surface area contributed by atoms with E-state index in [1.807, 2.05) is 12.3 Å². The fourth-order valence-corrected chi connectivity index (χ4v) is 3.95. The molecule has 0 aliphatic rings. The van der Waals surface area contributed by atoms with Crippen molar-refractivity contribution in [2.45, 2.75) is 18.4 Å². The number of halogens is 2. The van der Waals surface area contributed by atoms with Crippen LogP contribution in [-0.2, 0) is 16.6 Å². The maximum Gasteiger partial charge on any atom is 0.242 e. The number of hydrogen-bond acceptors (Lipinski definition) is 4.